The lowest BCUT2D eigenvalue weighted by Gasteiger charge is -2.08. The van der Waals surface area contributed by atoms with Crippen LogP contribution in [0.1, 0.15) is 16.6 Å². The molecule has 5 aromatic rings. The van der Waals surface area contributed by atoms with Gasteiger partial charge in [0.25, 0.3) is 5.91 Å². The maximum Gasteiger partial charge on any atom is 0.269 e. The molecule has 0 aliphatic heterocycles. The minimum absolute atomic E-state index is 0.139. The Morgan fingerprint density at radius 2 is 1.83 bits per heavy atom. The summed E-state index contributed by atoms with van der Waals surface area (Å²) in [4.78, 5) is 14.7. The normalized spacial score (nSPS) is 11.1. The Bertz CT molecular complexity index is 1580. The fraction of sp³-hybridized carbons (Fsp3) is 0.0833. The molecule has 3 aromatic carbocycles. The van der Waals surface area contributed by atoms with Gasteiger partial charge in [-0.05, 0) is 73.7 Å². The first-order chi connectivity index (χ1) is 16.9. The number of amides is 1. The number of halogens is 2. The Kier molecular flexibility index (Phi) is 6.57. The summed E-state index contributed by atoms with van der Waals surface area (Å²) in [5, 5.41) is 16.6. The smallest absolute Gasteiger partial charge is 0.269 e. The number of thiophene rings is 1. The van der Waals surface area contributed by atoms with E-state index >= 15 is 0 Å². The van der Waals surface area contributed by atoms with Crippen LogP contribution in [-0.4, -0.2) is 32.6 Å². The summed E-state index contributed by atoms with van der Waals surface area (Å²) in [6.45, 7) is 2.54. The first-order valence-corrected chi connectivity index (χ1v) is 12.5. The molecule has 0 bridgehead atoms. The van der Waals surface area contributed by atoms with Crippen molar-refractivity contribution in [2.24, 2.45) is 0 Å². The maximum atomic E-state index is 12.8. The van der Waals surface area contributed by atoms with Gasteiger partial charge >= 0.3 is 0 Å². The van der Waals surface area contributed by atoms with Crippen LogP contribution in [-0.2, 0) is 0 Å². The molecule has 0 aliphatic rings. The number of benzene rings is 3. The number of hydrogen-bond donors (Lipinski definition) is 2. The van der Waals surface area contributed by atoms with Gasteiger partial charge in [-0.2, -0.15) is 4.80 Å². The zero-order valence-corrected chi connectivity index (χ0v) is 21.4. The number of nitrogens with zero attached hydrogens (tertiary/aromatic N) is 3. The van der Waals surface area contributed by atoms with Crippen molar-refractivity contribution in [1.82, 2.24) is 20.3 Å². The average molecular weight is 542 g/mol. The van der Waals surface area contributed by atoms with Crippen LogP contribution >= 0.6 is 46.8 Å². The standard InChI is InChI=1S/C24H17Cl2N5O2S2/c1-2-33-16-7-5-15(6-8-16)31-29-18-10-4-14(12-19(18)30-31)27-24(34)28-23(32)22-21(26)17-9-3-13(25)11-20(17)35-22/h3-12H,2H2,1H3,(H2,27,28,32,34). The molecule has 7 nitrogen and oxygen atoms in total. The van der Waals surface area contributed by atoms with E-state index in [1.807, 2.05) is 43.3 Å². The van der Waals surface area contributed by atoms with Gasteiger partial charge in [0.1, 0.15) is 21.7 Å². The number of anilines is 1. The summed E-state index contributed by atoms with van der Waals surface area (Å²) < 4.78 is 6.30. The lowest BCUT2D eigenvalue weighted by molar-refractivity contribution is 0.0982. The van der Waals surface area contributed by atoms with E-state index in [1.165, 1.54) is 11.3 Å². The van der Waals surface area contributed by atoms with E-state index < -0.39 is 5.91 Å². The topological polar surface area (TPSA) is 81.1 Å². The van der Waals surface area contributed by atoms with Crippen molar-refractivity contribution in [3.05, 3.63) is 75.6 Å². The number of carbonyl (C=O) groups excluding carboxylic acids is 1. The molecule has 0 atom stereocenters. The number of aromatic nitrogens is 3. The van der Waals surface area contributed by atoms with Gasteiger partial charge in [-0.25, -0.2) is 0 Å². The molecule has 1 amide bonds. The molecule has 0 spiro atoms. The van der Waals surface area contributed by atoms with Crippen LogP contribution in [0.25, 0.3) is 26.8 Å². The number of nitrogens with one attached hydrogen (secondary N) is 2. The molecule has 0 aliphatic carbocycles. The van der Waals surface area contributed by atoms with Crippen molar-refractivity contribution in [2.45, 2.75) is 6.92 Å². The van der Waals surface area contributed by atoms with Gasteiger partial charge in [-0.3, -0.25) is 10.1 Å². The lowest BCUT2D eigenvalue weighted by Crippen LogP contribution is -2.33. The molecule has 0 fully saturated rings. The van der Waals surface area contributed by atoms with Crippen LogP contribution < -0.4 is 15.4 Å². The second-order valence-electron chi connectivity index (χ2n) is 7.41. The number of thiocarbonyl (C=S) groups is 1. The molecule has 0 radical (unpaired) electrons. The molecule has 11 heteroatoms. The Labute approximate surface area is 219 Å². The van der Waals surface area contributed by atoms with Gasteiger partial charge in [0.2, 0.25) is 0 Å². The van der Waals surface area contributed by atoms with E-state index in [0.717, 1.165) is 27.0 Å². The van der Waals surface area contributed by atoms with Crippen molar-refractivity contribution >= 4 is 84.6 Å². The number of rotatable bonds is 5. The van der Waals surface area contributed by atoms with Crippen LogP contribution in [0.15, 0.2) is 60.7 Å². The predicted octanol–water partition coefficient (Wildman–Crippen LogP) is 6.47. The third-order valence-electron chi connectivity index (χ3n) is 5.04. The largest absolute Gasteiger partial charge is 0.494 e. The highest BCUT2D eigenvalue weighted by Crippen LogP contribution is 2.36. The highest BCUT2D eigenvalue weighted by Gasteiger charge is 2.18. The van der Waals surface area contributed by atoms with E-state index in [-0.39, 0.29) is 5.11 Å². The van der Waals surface area contributed by atoms with Crippen LogP contribution in [0, 0.1) is 0 Å². The lowest BCUT2D eigenvalue weighted by atomic mass is 10.2. The van der Waals surface area contributed by atoms with E-state index in [4.69, 9.17) is 40.2 Å². The summed E-state index contributed by atoms with van der Waals surface area (Å²) >= 11 is 19.1. The number of fused-ring (bicyclic) bond motifs is 2. The summed E-state index contributed by atoms with van der Waals surface area (Å²) in [7, 11) is 0. The average Bonchev–Trinajstić information content (AvgIpc) is 3.40. The second-order valence-corrected chi connectivity index (χ2v) is 9.69. The Hall–Kier alpha value is -3.24. The number of carbonyl (C=O) groups is 1. The SMILES string of the molecule is CCOc1ccc(-n2nc3ccc(NC(=S)NC(=O)c4sc5cc(Cl)ccc5c4Cl)cc3n2)cc1. The highest BCUT2D eigenvalue weighted by molar-refractivity contribution is 7.80. The summed E-state index contributed by atoms with van der Waals surface area (Å²) in [5.74, 6) is 0.392. The summed E-state index contributed by atoms with van der Waals surface area (Å²) in [6.07, 6.45) is 0. The Morgan fingerprint density at radius 3 is 2.60 bits per heavy atom. The van der Waals surface area contributed by atoms with E-state index in [9.17, 15) is 4.79 Å². The van der Waals surface area contributed by atoms with Gasteiger partial charge in [-0.1, -0.05) is 29.3 Å². The fourth-order valence-corrected chi connectivity index (χ4v) is 5.36. The van der Waals surface area contributed by atoms with Crippen molar-refractivity contribution in [2.75, 3.05) is 11.9 Å². The summed E-state index contributed by atoms with van der Waals surface area (Å²) in [6, 6.07) is 18.3. The Morgan fingerprint density at radius 1 is 1.06 bits per heavy atom. The molecule has 176 valence electrons. The molecule has 2 heterocycles. The third-order valence-corrected chi connectivity index (χ3v) is 7.14. The van der Waals surface area contributed by atoms with Crippen LogP contribution in [0.5, 0.6) is 5.75 Å². The predicted molar refractivity (Wildman–Crippen MR) is 146 cm³/mol. The molecular weight excluding hydrogens is 525 g/mol. The van der Waals surface area contributed by atoms with E-state index in [0.29, 0.717) is 32.7 Å². The minimum Gasteiger partial charge on any atom is -0.494 e. The van der Waals surface area contributed by atoms with Gasteiger partial charge in [0, 0.05) is 20.8 Å². The maximum absolute atomic E-state index is 12.8. The van der Waals surface area contributed by atoms with Gasteiger partial charge < -0.3 is 10.1 Å². The van der Waals surface area contributed by atoms with Crippen LogP contribution in [0.2, 0.25) is 10.0 Å². The van der Waals surface area contributed by atoms with Crippen molar-refractivity contribution in [3.63, 3.8) is 0 Å². The van der Waals surface area contributed by atoms with Gasteiger partial charge in [0.15, 0.2) is 5.11 Å². The van der Waals surface area contributed by atoms with Crippen molar-refractivity contribution in [3.8, 4) is 11.4 Å². The first kappa shape index (κ1) is 23.5. The van der Waals surface area contributed by atoms with Gasteiger partial charge in [0.05, 0.1) is 17.3 Å². The molecule has 2 aromatic heterocycles. The first-order valence-electron chi connectivity index (χ1n) is 10.5. The van der Waals surface area contributed by atoms with Crippen molar-refractivity contribution in [1.29, 1.82) is 0 Å². The monoisotopic (exact) mass is 541 g/mol. The number of ether oxygens (including phenoxy) is 1. The minimum atomic E-state index is -0.396. The van der Waals surface area contributed by atoms with Crippen molar-refractivity contribution < 1.29 is 9.53 Å². The van der Waals surface area contributed by atoms with Crippen LogP contribution in [0.4, 0.5) is 5.69 Å². The zero-order chi connectivity index (χ0) is 24.5. The third kappa shape index (κ3) is 4.94. The Balaban J connectivity index is 1.30. The quantitative estimate of drug-likeness (QED) is 0.248. The van der Waals surface area contributed by atoms with Gasteiger partial charge in [-0.15, -0.1) is 21.5 Å². The molecule has 0 saturated carbocycles. The van der Waals surface area contributed by atoms with E-state index in [2.05, 4.69) is 20.8 Å². The summed E-state index contributed by atoms with van der Waals surface area (Å²) in [5.41, 5.74) is 2.86. The zero-order valence-electron chi connectivity index (χ0n) is 18.2. The molecule has 35 heavy (non-hydrogen) atoms. The second kappa shape index (κ2) is 9.79. The molecule has 2 N–H and O–H groups in total. The molecular formula is C24H17Cl2N5O2S2. The molecule has 0 unspecified atom stereocenters. The van der Waals surface area contributed by atoms with Crippen LogP contribution in [0.3, 0.4) is 0 Å². The van der Waals surface area contributed by atoms with E-state index in [1.54, 1.807) is 29.1 Å². The number of hydrogen-bond acceptors (Lipinski definition) is 6. The highest BCUT2D eigenvalue weighted by atomic mass is 35.5. The fourth-order valence-electron chi connectivity index (χ4n) is 3.46. The molecule has 0 saturated heterocycles. The molecule has 5 rings (SSSR count).